The van der Waals surface area contributed by atoms with Crippen LogP contribution in [-0.2, 0) is 6.54 Å². The molecule has 0 saturated carbocycles. The molecule has 1 unspecified atom stereocenters. The molecule has 2 aromatic carbocycles. The topological polar surface area (TPSA) is 35.6 Å². The average Bonchev–Trinajstić information content (AvgIpc) is 3.03. The Hall–Kier alpha value is -2.33. The Kier molecular flexibility index (Phi) is 3.98. The average molecular weight is 321 g/mol. The van der Waals surface area contributed by atoms with Crippen LogP contribution in [0.5, 0.6) is 0 Å². The molecule has 1 N–H and O–H groups in total. The summed E-state index contributed by atoms with van der Waals surface area (Å²) in [7, 11) is 0. The highest BCUT2D eigenvalue weighted by Gasteiger charge is 2.27. The third-order valence-corrected chi connectivity index (χ3v) is 5.31. The molecule has 4 nitrogen and oxygen atoms in total. The van der Waals surface area contributed by atoms with Crippen molar-refractivity contribution in [2.45, 2.75) is 19.5 Å². The number of nitrogens with one attached hydrogen (secondary N) is 1. The minimum absolute atomic E-state index is 0.0585. The van der Waals surface area contributed by atoms with Gasteiger partial charge in [-0.1, -0.05) is 36.4 Å². The van der Waals surface area contributed by atoms with E-state index >= 15 is 0 Å². The van der Waals surface area contributed by atoms with Crippen molar-refractivity contribution in [1.29, 1.82) is 0 Å². The van der Waals surface area contributed by atoms with E-state index in [1.54, 1.807) is 0 Å². The van der Waals surface area contributed by atoms with Gasteiger partial charge >= 0.3 is 0 Å². The van der Waals surface area contributed by atoms with Gasteiger partial charge in [0.25, 0.3) is 5.91 Å². The molecule has 2 aromatic rings. The first-order valence-electron chi connectivity index (χ1n) is 8.68. The van der Waals surface area contributed by atoms with Crippen molar-refractivity contribution in [3.05, 3.63) is 65.2 Å². The highest BCUT2D eigenvalue weighted by molar-refractivity contribution is 6.00. The molecule has 4 rings (SSSR count). The number of hydrogen-bond donors (Lipinski definition) is 1. The molecular weight excluding hydrogens is 298 g/mol. The first kappa shape index (κ1) is 15.2. The van der Waals surface area contributed by atoms with Gasteiger partial charge in [0.2, 0.25) is 0 Å². The van der Waals surface area contributed by atoms with Crippen LogP contribution in [0.1, 0.15) is 34.5 Å². The van der Waals surface area contributed by atoms with E-state index in [9.17, 15) is 4.79 Å². The fourth-order valence-corrected chi connectivity index (χ4v) is 3.83. The molecule has 2 heterocycles. The van der Waals surface area contributed by atoms with Crippen LogP contribution in [0.25, 0.3) is 0 Å². The molecule has 1 atom stereocenters. The van der Waals surface area contributed by atoms with Gasteiger partial charge in [-0.3, -0.25) is 9.69 Å². The van der Waals surface area contributed by atoms with Crippen LogP contribution < -0.4 is 10.2 Å². The summed E-state index contributed by atoms with van der Waals surface area (Å²) in [6.07, 6.45) is 0. The summed E-state index contributed by atoms with van der Waals surface area (Å²) in [6.45, 7) is 7.03. The van der Waals surface area contributed by atoms with Gasteiger partial charge in [0.15, 0.2) is 0 Å². The van der Waals surface area contributed by atoms with Gasteiger partial charge in [0.05, 0.1) is 0 Å². The second-order valence-electron chi connectivity index (χ2n) is 6.60. The molecule has 4 heteroatoms. The van der Waals surface area contributed by atoms with Crippen molar-refractivity contribution in [3.8, 4) is 0 Å². The summed E-state index contributed by atoms with van der Waals surface area (Å²) in [5, 5.41) is 2.94. The molecule has 0 aromatic heterocycles. The number of carbonyl (C=O) groups is 1. The smallest absolute Gasteiger partial charge is 0.251 e. The van der Waals surface area contributed by atoms with Crippen LogP contribution in [0.3, 0.4) is 0 Å². The van der Waals surface area contributed by atoms with Crippen LogP contribution >= 0.6 is 0 Å². The van der Waals surface area contributed by atoms with Crippen molar-refractivity contribution in [2.24, 2.45) is 0 Å². The maximum Gasteiger partial charge on any atom is 0.251 e. The van der Waals surface area contributed by atoms with Crippen LogP contribution in [0.4, 0.5) is 5.69 Å². The number of rotatable bonds is 3. The largest absolute Gasteiger partial charge is 0.369 e. The molecule has 0 spiro atoms. The number of carbonyl (C=O) groups excluding carboxylic acids is 1. The van der Waals surface area contributed by atoms with Crippen molar-refractivity contribution < 1.29 is 4.79 Å². The summed E-state index contributed by atoms with van der Waals surface area (Å²) in [6, 6.07) is 17.2. The van der Waals surface area contributed by atoms with Gasteiger partial charge in [-0.25, -0.2) is 0 Å². The first-order valence-corrected chi connectivity index (χ1v) is 8.68. The molecule has 1 saturated heterocycles. The van der Waals surface area contributed by atoms with Gasteiger partial charge in [-0.15, -0.1) is 0 Å². The Morgan fingerprint density at radius 1 is 0.958 bits per heavy atom. The van der Waals surface area contributed by atoms with Crippen LogP contribution in [-0.4, -0.2) is 37.0 Å². The van der Waals surface area contributed by atoms with Crippen LogP contribution in [0.15, 0.2) is 48.5 Å². The quantitative estimate of drug-likeness (QED) is 0.944. The lowest BCUT2D eigenvalue weighted by Gasteiger charge is -2.39. The lowest BCUT2D eigenvalue weighted by molar-refractivity contribution is 0.0966. The number of piperazine rings is 1. The van der Waals surface area contributed by atoms with E-state index in [1.807, 2.05) is 12.1 Å². The molecule has 2 aliphatic heterocycles. The van der Waals surface area contributed by atoms with E-state index in [-0.39, 0.29) is 5.91 Å². The first-order chi connectivity index (χ1) is 11.7. The number of nitrogens with zero attached hydrogens (tertiary/aromatic N) is 2. The third-order valence-electron chi connectivity index (χ3n) is 5.31. The summed E-state index contributed by atoms with van der Waals surface area (Å²) < 4.78 is 0. The van der Waals surface area contributed by atoms with Crippen LogP contribution in [0.2, 0.25) is 0 Å². The van der Waals surface area contributed by atoms with Crippen molar-refractivity contribution in [3.63, 3.8) is 0 Å². The molecule has 0 bridgehead atoms. The van der Waals surface area contributed by atoms with Crippen LogP contribution in [0, 0.1) is 0 Å². The molecule has 0 aliphatic carbocycles. The lowest BCUT2D eigenvalue weighted by Crippen LogP contribution is -2.47. The molecule has 24 heavy (non-hydrogen) atoms. The highest BCUT2D eigenvalue weighted by Crippen LogP contribution is 2.29. The molecule has 124 valence electrons. The molecule has 1 amide bonds. The molecule has 0 radical (unpaired) electrons. The van der Waals surface area contributed by atoms with Gasteiger partial charge in [0, 0.05) is 55.6 Å². The van der Waals surface area contributed by atoms with E-state index in [4.69, 9.17) is 0 Å². The van der Waals surface area contributed by atoms with E-state index in [1.165, 1.54) is 11.3 Å². The van der Waals surface area contributed by atoms with E-state index < -0.39 is 0 Å². The standard InChI is InChI=1S/C20H23N3O/c1-15(16-6-3-2-4-7-16)22-10-12-23(13-11-22)19-9-5-8-17-18(19)14-21-20(17)24/h2-9,15H,10-14H2,1H3,(H,21,24). The minimum atomic E-state index is 0.0585. The number of anilines is 1. The maximum atomic E-state index is 11.9. The second kappa shape index (κ2) is 6.29. The van der Waals surface area contributed by atoms with E-state index in [2.05, 4.69) is 58.4 Å². The van der Waals surface area contributed by atoms with Crippen molar-refractivity contribution in [1.82, 2.24) is 10.2 Å². The second-order valence-corrected chi connectivity index (χ2v) is 6.60. The highest BCUT2D eigenvalue weighted by atomic mass is 16.1. The van der Waals surface area contributed by atoms with E-state index in [0.717, 1.165) is 37.3 Å². The predicted molar refractivity (Wildman–Crippen MR) is 96.3 cm³/mol. The van der Waals surface area contributed by atoms with Crippen molar-refractivity contribution in [2.75, 3.05) is 31.1 Å². The zero-order valence-electron chi connectivity index (χ0n) is 14.0. The number of fused-ring (bicyclic) bond motifs is 1. The zero-order chi connectivity index (χ0) is 16.5. The monoisotopic (exact) mass is 321 g/mol. The van der Waals surface area contributed by atoms with E-state index in [0.29, 0.717) is 12.6 Å². The normalized spacial score (nSPS) is 19.0. The maximum absolute atomic E-state index is 11.9. The van der Waals surface area contributed by atoms with Gasteiger partial charge < -0.3 is 10.2 Å². The Labute approximate surface area is 143 Å². The summed E-state index contributed by atoms with van der Waals surface area (Å²) >= 11 is 0. The van der Waals surface area contributed by atoms with Gasteiger partial charge in [0.1, 0.15) is 0 Å². The van der Waals surface area contributed by atoms with Gasteiger partial charge in [-0.05, 0) is 24.6 Å². The Morgan fingerprint density at radius 3 is 2.46 bits per heavy atom. The number of benzene rings is 2. The number of hydrogen-bond acceptors (Lipinski definition) is 3. The third kappa shape index (κ3) is 2.67. The minimum Gasteiger partial charge on any atom is -0.369 e. The molecule has 1 fully saturated rings. The lowest BCUT2D eigenvalue weighted by atomic mass is 10.0. The SMILES string of the molecule is CC(c1ccccc1)N1CCN(c2cccc3c2CNC3=O)CC1. The Bertz CT molecular complexity index is 736. The zero-order valence-corrected chi connectivity index (χ0v) is 14.0. The fraction of sp³-hybridized carbons (Fsp3) is 0.350. The molecule has 2 aliphatic rings. The summed E-state index contributed by atoms with van der Waals surface area (Å²) in [4.78, 5) is 16.8. The summed E-state index contributed by atoms with van der Waals surface area (Å²) in [5.74, 6) is 0.0585. The number of amides is 1. The van der Waals surface area contributed by atoms with Gasteiger partial charge in [-0.2, -0.15) is 0 Å². The summed E-state index contributed by atoms with van der Waals surface area (Å²) in [5.41, 5.74) is 4.60. The predicted octanol–water partition coefficient (Wildman–Crippen LogP) is 2.81. The van der Waals surface area contributed by atoms with Crippen molar-refractivity contribution >= 4 is 11.6 Å². The Morgan fingerprint density at radius 2 is 1.71 bits per heavy atom. The molecular formula is C20H23N3O. The Balaban J connectivity index is 1.47. The fourth-order valence-electron chi connectivity index (χ4n) is 3.83.